The minimum atomic E-state index is -0.196. The Kier molecular flexibility index (Phi) is 5.20. The lowest BCUT2D eigenvalue weighted by atomic mass is 10.1. The van der Waals surface area contributed by atoms with Gasteiger partial charge in [-0.2, -0.15) is 0 Å². The first-order valence-corrected chi connectivity index (χ1v) is 9.61. The Morgan fingerprint density at radius 1 is 1.04 bits per heavy atom. The first kappa shape index (κ1) is 17.4. The molecular formula is C20H18N4O2S. The SMILES string of the molecule is O=c1[nH]nc(SCc2cc(-c3ccccc3)on2)n1CCc1ccccc1. The molecule has 0 atom stereocenters. The number of aromatic amines is 1. The van der Waals surface area contributed by atoms with Crippen LogP contribution in [0.2, 0.25) is 0 Å². The number of aromatic nitrogens is 4. The maximum Gasteiger partial charge on any atom is 0.343 e. The molecule has 0 saturated carbocycles. The molecule has 2 aromatic carbocycles. The van der Waals surface area contributed by atoms with Crippen molar-refractivity contribution in [2.45, 2.75) is 23.9 Å². The van der Waals surface area contributed by atoms with Gasteiger partial charge >= 0.3 is 5.69 Å². The van der Waals surface area contributed by atoms with E-state index < -0.39 is 0 Å². The van der Waals surface area contributed by atoms with E-state index in [-0.39, 0.29) is 5.69 Å². The Balaban J connectivity index is 1.42. The van der Waals surface area contributed by atoms with E-state index in [2.05, 4.69) is 27.5 Å². The maximum absolute atomic E-state index is 12.1. The summed E-state index contributed by atoms with van der Waals surface area (Å²) >= 11 is 1.46. The number of hydrogen-bond donors (Lipinski definition) is 1. The number of aryl methyl sites for hydroxylation is 1. The third kappa shape index (κ3) is 4.20. The number of H-pyrrole nitrogens is 1. The number of thioether (sulfide) groups is 1. The fraction of sp³-hybridized carbons (Fsp3) is 0.150. The molecule has 4 aromatic rings. The number of nitrogens with one attached hydrogen (secondary N) is 1. The Morgan fingerprint density at radius 2 is 1.78 bits per heavy atom. The Bertz CT molecular complexity index is 1050. The largest absolute Gasteiger partial charge is 0.356 e. The molecule has 0 amide bonds. The minimum Gasteiger partial charge on any atom is -0.356 e. The van der Waals surface area contributed by atoms with E-state index in [1.807, 2.05) is 54.6 Å². The van der Waals surface area contributed by atoms with Gasteiger partial charge in [0, 0.05) is 23.9 Å². The number of nitrogens with zero attached hydrogens (tertiary/aromatic N) is 3. The van der Waals surface area contributed by atoms with Gasteiger partial charge < -0.3 is 4.52 Å². The van der Waals surface area contributed by atoms with Crippen molar-refractivity contribution in [1.82, 2.24) is 19.9 Å². The second-order valence-corrected chi connectivity index (χ2v) is 6.98. The van der Waals surface area contributed by atoms with Crippen molar-refractivity contribution in [3.05, 3.63) is 88.5 Å². The molecule has 0 aliphatic rings. The summed E-state index contributed by atoms with van der Waals surface area (Å²) in [5, 5.41) is 11.4. The molecule has 0 radical (unpaired) electrons. The molecule has 0 unspecified atom stereocenters. The monoisotopic (exact) mass is 378 g/mol. The average molecular weight is 378 g/mol. The highest BCUT2D eigenvalue weighted by atomic mass is 32.2. The number of benzene rings is 2. The standard InChI is InChI=1S/C20H18N4O2S/c25-19-21-22-20(24(19)12-11-15-7-3-1-4-8-15)27-14-17-13-18(26-23-17)16-9-5-2-6-10-16/h1-10,13H,11-12,14H2,(H,21,25). The molecule has 4 rings (SSSR count). The predicted octanol–water partition coefficient (Wildman–Crippen LogP) is 3.76. The summed E-state index contributed by atoms with van der Waals surface area (Å²) in [6.07, 6.45) is 0.774. The van der Waals surface area contributed by atoms with E-state index in [1.165, 1.54) is 17.3 Å². The second-order valence-electron chi connectivity index (χ2n) is 6.04. The zero-order valence-corrected chi connectivity index (χ0v) is 15.4. The number of hydrogen-bond acceptors (Lipinski definition) is 5. The molecular weight excluding hydrogens is 360 g/mol. The van der Waals surface area contributed by atoms with Gasteiger partial charge in [-0.15, -0.1) is 5.10 Å². The van der Waals surface area contributed by atoms with Gasteiger partial charge in [0.15, 0.2) is 10.9 Å². The predicted molar refractivity (Wildman–Crippen MR) is 104 cm³/mol. The molecule has 0 saturated heterocycles. The van der Waals surface area contributed by atoms with Gasteiger partial charge in [0.25, 0.3) is 0 Å². The van der Waals surface area contributed by atoms with Gasteiger partial charge in [-0.05, 0) is 12.0 Å². The van der Waals surface area contributed by atoms with Crippen molar-refractivity contribution in [1.29, 1.82) is 0 Å². The smallest absolute Gasteiger partial charge is 0.343 e. The Hall–Kier alpha value is -3.06. The van der Waals surface area contributed by atoms with E-state index in [9.17, 15) is 4.79 Å². The maximum atomic E-state index is 12.1. The summed E-state index contributed by atoms with van der Waals surface area (Å²) in [7, 11) is 0. The Labute approximate surface area is 160 Å². The third-order valence-corrected chi connectivity index (χ3v) is 5.17. The summed E-state index contributed by atoms with van der Waals surface area (Å²) < 4.78 is 7.08. The summed E-state index contributed by atoms with van der Waals surface area (Å²) in [6, 6.07) is 21.8. The van der Waals surface area contributed by atoms with Crippen molar-refractivity contribution >= 4 is 11.8 Å². The van der Waals surface area contributed by atoms with Crippen molar-refractivity contribution in [2.75, 3.05) is 0 Å². The summed E-state index contributed by atoms with van der Waals surface area (Å²) in [6.45, 7) is 0.579. The molecule has 0 bridgehead atoms. The van der Waals surface area contributed by atoms with Crippen LogP contribution in [-0.4, -0.2) is 19.9 Å². The lowest BCUT2D eigenvalue weighted by Crippen LogP contribution is -2.18. The molecule has 0 fully saturated rings. The fourth-order valence-electron chi connectivity index (χ4n) is 2.75. The van der Waals surface area contributed by atoms with Gasteiger partial charge in [0.05, 0.1) is 5.69 Å². The zero-order chi connectivity index (χ0) is 18.5. The average Bonchev–Trinajstić information content (AvgIpc) is 3.33. The second kappa shape index (κ2) is 8.09. The minimum absolute atomic E-state index is 0.196. The van der Waals surface area contributed by atoms with Crippen LogP contribution in [0.4, 0.5) is 0 Å². The van der Waals surface area contributed by atoms with E-state index >= 15 is 0 Å². The molecule has 0 aliphatic carbocycles. The van der Waals surface area contributed by atoms with Crippen molar-refractivity contribution in [2.24, 2.45) is 0 Å². The highest BCUT2D eigenvalue weighted by Crippen LogP contribution is 2.24. The van der Waals surface area contributed by atoms with E-state index in [1.54, 1.807) is 4.57 Å². The van der Waals surface area contributed by atoms with Crippen LogP contribution in [0.3, 0.4) is 0 Å². The van der Waals surface area contributed by atoms with Crippen LogP contribution in [0.1, 0.15) is 11.3 Å². The molecule has 2 heterocycles. The fourth-order valence-corrected chi connectivity index (χ4v) is 3.61. The van der Waals surface area contributed by atoms with Crippen LogP contribution in [0.25, 0.3) is 11.3 Å². The van der Waals surface area contributed by atoms with Gasteiger partial charge in [-0.3, -0.25) is 4.57 Å². The molecule has 2 aromatic heterocycles. The topological polar surface area (TPSA) is 76.7 Å². The molecule has 6 nitrogen and oxygen atoms in total. The first-order valence-electron chi connectivity index (χ1n) is 8.62. The normalized spacial score (nSPS) is 11.0. The van der Waals surface area contributed by atoms with Gasteiger partial charge in [-0.1, -0.05) is 77.6 Å². The highest BCUT2D eigenvalue weighted by Gasteiger charge is 2.12. The van der Waals surface area contributed by atoms with Crippen molar-refractivity contribution < 1.29 is 4.52 Å². The van der Waals surface area contributed by atoms with Crippen LogP contribution < -0.4 is 5.69 Å². The van der Waals surface area contributed by atoms with Crippen LogP contribution in [0.5, 0.6) is 0 Å². The van der Waals surface area contributed by atoms with Gasteiger partial charge in [-0.25, -0.2) is 9.89 Å². The van der Waals surface area contributed by atoms with Crippen LogP contribution in [0.15, 0.2) is 81.2 Å². The van der Waals surface area contributed by atoms with E-state index in [0.717, 1.165) is 23.4 Å². The molecule has 0 spiro atoms. The van der Waals surface area contributed by atoms with E-state index in [0.29, 0.717) is 17.5 Å². The van der Waals surface area contributed by atoms with Crippen molar-refractivity contribution in [3.63, 3.8) is 0 Å². The van der Waals surface area contributed by atoms with Crippen LogP contribution in [0, 0.1) is 0 Å². The molecule has 27 heavy (non-hydrogen) atoms. The van der Waals surface area contributed by atoms with Gasteiger partial charge in [0.2, 0.25) is 0 Å². The summed E-state index contributed by atoms with van der Waals surface area (Å²) in [5.74, 6) is 1.31. The quantitative estimate of drug-likeness (QED) is 0.496. The zero-order valence-electron chi connectivity index (χ0n) is 14.5. The van der Waals surface area contributed by atoms with Crippen LogP contribution >= 0.6 is 11.8 Å². The molecule has 7 heteroatoms. The molecule has 0 aliphatic heterocycles. The highest BCUT2D eigenvalue weighted by molar-refractivity contribution is 7.98. The van der Waals surface area contributed by atoms with Crippen LogP contribution in [-0.2, 0) is 18.7 Å². The molecule has 1 N–H and O–H groups in total. The number of rotatable bonds is 7. The summed E-state index contributed by atoms with van der Waals surface area (Å²) in [5.41, 5.74) is 2.79. The lowest BCUT2D eigenvalue weighted by Gasteiger charge is -2.05. The van der Waals surface area contributed by atoms with Gasteiger partial charge in [0.1, 0.15) is 0 Å². The molecule has 136 valence electrons. The first-order chi connectivity index (χ1) is 13.3. The van der Waals surface area contributed by atoms with E-state index in [4.69, 9.17) is 4.52 Å². The lowest BCUT2D eigenvalue weighted by molar-refractivity contribution is 0.426. The Morgan fingerprint density at radius 3 is 2.56 bits per heavy atom. The van der Waals surface area contributed by atoms with Crippen molar-refractivity contribution in [3.8, 4) is 11.3 Å². The third-order valence-electron chi connectivity index (χ3n) is 4.16. The summed E-state index contributed by atoms with van der Waals surface area (Å²) in [4.78, 5) is 12.1.